The molecule has 0 fully saturated rings. The van der Waals surface area contributed by atoms with Crippen molar-refractivity contribution in [3.05, 3.63) is 77.5 Å². The van der Waals surface area contributed by atoms with E-state index in [1.54, 1.807) is 24.4 Å². The van der Waals surface area contributed by atoms with Gasteiger partial charge in [-0.3, -0.25) is 0 Å². The third kappa shape index (κ3) is 2.83. The first-order valence-corrected chi connectivity index (χ1v) is 7.84. The van der Waals surface area contributed by atoms with E-state index in [4.69, 9.17) is 11.6 Å². The second kappa shape index (κ2) is 6.18. The molecule has 4 aromatic rings. The fourth-order valence-electron chi connectivity index (χ4n) is 2.53. The highest BCUT2D eigenvalue weighted by Crippen LogP contribution is 2.28. The first-order valence-electron chi connectivity index (χ1n) is 7.46. The van der Waals surface area contributed by atoms with Gasteiger partial charge in [0.25, 0.3) is 0 Å². The predicted octanol–water partition coefficient (Wildman–Crippen LogP) is 5.29. The molecule has 3 nitrogen and oxygen atoms in total. The Kier molecular flexibility index (Phi) is 3.86. The number of fused-ring (bicyclic) bond motifs is 1. The van der Waals surface area contributed by atoms with E-state index in [0.717, 1.165) is 10.9 Å². The molecule has 25 heavy (non-hydrogen) atoms. The average molecular weight is 354 g/mol. The first kappa shape index (κ1) is 15.6. The van der Waals surface area contributed by atoms with E-state index in [2.05, 4.69) is 15.0 Å². The number of hydrogen-bond acceptors (Lipinski definition) is 3. The van der Waals surface area contributed by atoms with E-state index in [1.165, 1.54) is 12.1 Å². The maximum absolute atomic E-state index is 14.2. The Balaban J connectivity index is 1.82. The second-order valence-corrected chi connectivity index (χ2v) is 5.79. The van der Waals surface area contributed by atoms with Crippen molar-refractivity contribution in [2.24, 2.45) is 0 Å². The molecule has 4 rings (SSSR count). The fraction of sp³-hybridized carbons (Fsp3) is 0. The molecular formula is C19H10ClF2N3. The van der Waals surface area contributed by atoms with Gasteiger partial charge in [-0.05, 0) is 30.3 Å². The predicted molar refractivity (Wildman–Crippen MR) is 93.1 cm³/mol. The summed E-state index contributed by atoms with van der Waals surface area (Å²) in [6.45, 7) is 0. The number of pyridine rings is 1. The number of aromatic nitrogens is 3. The molecule has 0 atom stereocenters. The Morgan fingerprint density at radius 2 is 1.56 bits per heavy atom. The minimum Gasteiger partial charge on any atom is -0.244 e. The Labute approximate surface area is 147 Å². The number of para-hydroxylation sites is 1. The molecule has 0 unspecified atom stereocenters. The maximum Gasteiger partial charge on any atom is 0.178 e. The van der Waals surface area contributed by atoms with Crippen molar-refractivity contribution in [2.45, 2.75) is 0 Å². The van der Waals surface area contributed by atoms with Crippen LogP contribution < -0.4 is 0 Å². The molecule has 0 spiro atoms. The van der Waals surface area contributed by atoms with Crippen molar-refractivity contribution >= 4 is 22.5 Å². The SMILES string of the molecule is Fc1c(Cl)ccc(-c2cccc(-c3ncc4ccccc4n3)n2)c1F. The molecule has 6 heteroatoms. The van der Waals surface area contributed by atoms with Crippen LogP contribution in [-0.4, -0.2) is 15.0 Å². The van der Waals surface area contributed by atoms with Crippen molar-refractivity contribution in [1.82, 2.24) is 15.0 Å². The molecular weight excluding hydrogens is 344 g/mol. The summed E-state index contributed by atoms with van der Waals surface area (Å²) in [5, 5.41) is 0.642. The van der Waals surface area contributed by atoms with Crippen LogP contribution in [0.3, 0.4) is 0 Å². The van der Waals surface area contributed by atoms with Crippen LogP contribution in [0.1, 0.15) is 0 Å². The molecule has 0 aliphatic rings. The van der Waals surface area contributed by atoms with Crippen LogP contribution in [0.15, 0.2) is 60.8 Å². The van der Waals surface area contributed by atoms with Crippen LogP contribution >= 0.6 is 11.6 Å². The number of halogens is 3. The number of benzene rings is 2. The lowest BCUT2D eigenvalue weighted by atomic mass is 10.1. The molecule has 0 saturated heterocycles. The minimum absolute atomic E-state index is 0.0320. The normalized spacial score (nSPS) is 11.0. The number of nitrogens with zero attached hydrogens (tertiary/aromatic N) is 3. The van der Waals surface area contributed by atoms with E-state index in [1.807, 2.05) is 24.3 Å². The van der Waals surface area contributed by atoms with Gasteiger partial charge in [0.1, 0.15) is 5.69 Å². The lowest BCUT2D eigenvalue weighted by Crippen LogP contribution is -1.96. The smallest absolute Gasteiger partial charge is 0.178 e. The van der Waals surface area contributed by atoms with Gasteiger partial charge in [-0.15, -0.1) is 0 Å². The van der Waals surface area contributed by atoms with Gasteiger partial charge in [0, 0.05) is 17.1 Å². The van der Waals surface area contributed by atoms with Crippen molar-refractivity contribution in [1.29, 1.82) is 0 Å². The Hall–Kier alpha value is -2.92. The monoisotopic (exact) mass is 353 g/mol. The highest BCUT2D eigenvalue weighted by atomic mass is 35.5. The standard InChI is InChI=1S/C19H10ClF2N3/c20-13-9-8-12(17(21)18(13)22)15-6-3-7-16(24-15)19-23-10-11-4-1-2-5-14(11)25-19/h1-10H. The van der Waals surface area contributed by atoms with E-state index in [0.29, 0.717) is 11.5 Å². The molecule has 2 heterocycles. The van der Waals surface area contributed by atoms with Crippen LogP contribution in [0.2, 0.25) is 5.02 Å². The summed E-state index contributed by atoms with van der Waals surface area (Å²) in [4.78, 5) is 13.2. The fourth-order valence-corrected chi connectivity index (χ4v) is 2.67. The van der Waals surface area contributed by atoms with Gasteiger partial charge in [0.05, 0.1) is 16.2 Å². The summed E-state index contributed by atoms with van der Waals surface area (Å²) < 4.78 is 27.9. The van der Waals surface area contributed by atoms with Gasteiger partial charge in [-0.2, -0.15) is 0 Å². The molecule has 122 valence electrons. The largest absolute Gasteiger partial charge is 0.244 e. The van der Waals surface area contributed by atoms with E-state index < -0.39 is 11.6 Å². The summed E-state index contributed by atoms with van der Waals surface area (Å²) >= 11 is 5.60. The highest BCUT2D eigenvalue weighted by molar-refractivity contribution is 6.30. The molecule has 2 aromatic carbocycles. The van der Waals surface area contributed by atoms with E-state index >= 15 is 0 Å². The molecule has 0 radical (unpaired) electrons. The zero-order chi connectivity index (χ0) is 17.4. The van der Waals surface area contributed by atoms with Crippen LogP contribution in [0.5, 0.6) is 0 Å². The minimum atomic E-state index is -1.09. The summed E-state index contributed by atoms with van der Waals surface area (Å²) in [5.74, 6) is -1.71. The quantitative estimate of drug-likeness (QED) is 0.459. The van der Waals surface area contributed by atoms with Crippen molar-refractivity contribution in [3.8, 4) is 22.8 Å². The van der Waals surface area contributed by atoms with Crippen molar-refractivity contribution in [3.63, 3.8) is 0 Å². The number of rotatable bonds is 2. The summed E-state index contributed by atoms with van der Waals surface area (Å²) in [7, 11) is 0. The first-order chi connectivity index (χ1) is 12.1. The van der Waals surface area contributed by atoms with E-state index in [9.17, 15) is 8.78 Å². The Bertz CT molecular complexity index is 1100. The van der Waals surface area contributed by atoms with Gasteiger partial charge in [-0.25, -0.2) is 23.7 Å². The Morgan fingerprint density at radius 1 is 0.760 bits per heavy atom. The molecule has 0 amide bonds. The molecule has 0 N–H and O–H groups in total. The van der Waals surface area contributed by atoms with Crippen molar-refractivity contribution < 1.29 is 8.78 Å². The van der Waals surface area contributed by atoms with Crippen LogP contribution in [0.4, 0.5) is 8.78 Å². The lowest BCUT2D eigenvalue weighted by Gasteiger charge is -2.07. The number of hydrogen-bond donors (Lipinski definition) is 0. The zero-order valence-electron chi connectivity index (χ0n) is 12.7. The third-order valence-electron chi connectivity index (χ3n) is 3.78. The highest BCUT2D eigenvalue weighted by Gasteiger charge is 2.15. The topological polar surface area (TPSA) is 38.7 Å². The molecule has 2 aromatic heterocycles. The summed E-state index contributed by atoms with van der Waals surface area (Å²) in [6, 6.07) is 15.3. The van der Waals surface area contributed by atoms with Crippen molar-refractivity contribution in [2.75, 3.05) is 0 Å². The summed E-state index contributed by atoms with van der Waals surface area (Å²) in [6.07, 6.45) is 1.70. The molecule has 0 aliphatic carbocycles. The zero-order valence-corrected chi connectivity index (χ0v) is 13.5. The van der Waals surface area contributed by atoms with Gasteiger partial charge in [-0.1, -0.05) is 35.9 Å². The molecule has 0 bridgehead atoms. The second-order valence-electron chi connectivity index (χ2n) is 5.38. The average Bonchev–Trinajstić information content (AvgIpc) is 2.66. The third-order valence-corrected chi connectivity index (χ3v) is 4.07. The maximum atomic E-state index is 14.2. The molecule has 0 saturated carbocycles. The van der Waals surface area contributed by atoms with Gasteiger partial charge >= 0.3 is 0 Å². The lowest BCUT2D eigenvalue weighted by molar-refractivity contribution is 0.511. The van der Waals surface area contributed by atoms with E-state index in [-0.39, 0.29) is 16.3 Å². The Morgan fingerprint density at radius 3 is 2.44 bits per heavy atom. The van der Waals surface area contributed by atoms with Gasteiger partial charge < -0.3 is 0 Å². The summed E-state index contributed by atoms with van der Waals surface area (Å²) in [5.41, 5.74) is 1.56. The van der Waals surface area contributed by atoms with Crippen LogP contribution in [0.25, 0.3) is 33.7 Å². The van der Waals surface area contributed by atoms with Gasteiger partial charge in [0.2, 0.25) is 0 Å². The van der Waals surface area contributed by atoms with Crippen LogP contribution in [-0.2, 0) is 0 Å². The molecule has 0 aliphatic heterocycles. The van der Waals surface area contributed by atoms with Gasteiger partial charge in [0.15, 0.2) is 17.5 Å². The van der Waals surface area contributed by atoms with Crippen LogP contribution in [0, 0.1) is 11.6 Å².